The van der Waals surface area contributed by atoms with E-state index in [0.29, 0.717) is 36.7 Å². The van der Waals surface area contributed by atoms with Crippen LogP contribution in [-0.2, 0) is 18.0 Å². The van der Waals surface area contributed by atoms with E-state index in [1.807, 2.05) is 29.8 Å². The maximum Gasteiger partial charge on any atom is 0.418 e. The largest absolute Gasteiger partial charge is 0.418 e. The van der Waals surface area contributed by atoms with Crippen molar-refractivity contribution in [1.29, 1.82) is 0 Å². The number of aryl methyl sites for hydroxylation is 1. The average molecular weight is 539 g/mol. The number of rotatable bonds is 5. The number of likely N-dealkylation sites (tertiary alicyclic amines) is 1. The van der Waals surface area contributed by atoms with Crippen molar-refractivity contribution in [3.05, 3.63) is 82.1 Å². The van der Waals surface area contributed by atoms with Gasteiger partial charge in [0.25, 0.3) is 0 Å². The van der Waals surface area contributed by atoms with E-state index in [4.69, 9.17) is 0 Å². The fraction of sp³-hybridized carbons (Fsp3) is 0.429. The first-order valence-corrected chi connectivity index (χ1v) is 13.2. The number of aromatic nitrogens is 5. The van der Waals surface area contributed by atoms with Gasteiger partial charge in [-0.2, -0.15) is 13.2 Å². The second-order valence-corrected chi connectivity index (χ2v) is 10.7. The molecule has 204 valence electrons. The summed E-state index contributed by atoms with van der Waals surface area (Å²) in [6, 6.07) is 8.53. The highest BCUT2D eigenvalue weighted by molar-refractivity contribution is 5.73. The van der Waals surface area contributed by atoms with Gasteiger partial charge in [-0.1, -0.05) is 18.6 Å². The van der Waals surface area contributed by atoms with Gasteiger partial charge in [0.15, 0.2) is 0 Å². The van der Waals surface area contributed by atoms with Gasteiger partial charge in [0.05, 0.1) is 16.8 Å². The van der Waals surface area contributed by atoms with Crippen LogP contribution in [0.2, 0.25) is 0 Å². The average Bonchev–Trinajstić information content (AvgIpc) is 3.59. The number of fused-ring (bicyclic) bond motifs is 1. The highest BCUT2D eigenvalue weighted by Gasteiger charge is 2.37. The minimum atomic E-state index is -4.65. The van der Waals surface area contributed by atoms with E-state index in [-0.39, 0.29) is 23.3 Å². The fourth-order valence-corrected chi connectivity index (χ4v) is 6.01. The van der Waals surface area contributed by atoms with E-state index < -0.39 is 17.4 Å². The molecule has 8 nitrogen and oxygen atoms in total. The Kier molecular flexibility index (Phi) is 6.11. The van der Waals surface area contributed by atoms with E-state index >= 15 is 0 Å². The third kappa shape index (κ3) is 4.43. The number of hydrogen-bond acceptors (Lipinski definition) is 4. The monoisotopic (exact) mass is 538 g/mol. The first-order chi connectivity index (χ1) is 18.6. The number of hydrogen-bond donors (Lipinski definition) is 0. The standard InChI is InChI=1S/C28H29F3N6O2/c1-17(38)35-10-9-20(13-35)21-12-23(28(29,30)31)24-15-36(27(39)37(24)14-21)22-8-4-7-19(11-22)25(18-5-3-6-18)26-33-32-16-34(26)2/h4,7-8,11-12,14-16,18,20,25H,3,5-6,9-10,13H2,1-2H3/t20-,25-/m1/s1. The van der Waals surface area contributed by atoms with Crippen molar-refractivity contribution in [2.24, 2.45) is 13.0 Å². The number of nitrogens with zero attached hydrogens (tertiary/aromatic N) is 6. The maximum absolute atomic E-state index is 14.2. The molecular weight excluding hydrogens is 509 g/mol. The van der Waals surface area contributed by atoms with Crippen molar-refractivity contribution in [2.75, 3.05) is 13.1 Å². The van der Waals surface area contributed by atoms with E-state index in [0.717, 1.165) is 41.1 Å². The molecule has 0 unspecified atom stereocenters. The number of imidazole rings is 1. The quantitative estimate of drug-likeness (QED) is 0.375. The Bertz CT molecular complexity index is 1610. The Labute approximate surface area is 222 Å². The molecule has 3 aromatic heterocycles. The molecule has 0 bridgehead atoms. The van der Waals surface area contributed by atoms with Gasteiger partial charge >= 0.3 is 11.9 Å². The van der Waals surface area contributed by atoms with Gasteiger partial charge in [-0.15, -0.1) is 10.2 Å². The third-order valence-corrected chi connectivity index (χ3v) is 8.35. The third-order valence-electron chi connectivity index (χ3n) is 8.35. The second-order valence-electron chi connectivity index (χ2n) is 10.7. The molecule has 1 amide bonds. The molecule has 1 aliphatic carbocycles. The molecule has 1 saturated carbocycles. The Balaban J connectivity index is 1.45. The van der Waals surface area contributed by atoms with Crippen molar-refractivity contribution < 1.29 is 18.0 Å². The molecule has 2 atom stereocenters. The first-order valence-electron chi connectivity index (χ1n) is 13.2. The summed E-state index contributed by atoms with van der Waals surface area (Å²) in [4.78, 5) is 27.0. The molecule has 4 heterocycles. The van der Waals surface area contributed by atoms with Crippen LogP contribution < -0.4 is 5.69 Å². The minimum Gasteiger partial charge on any atom is -0.342 e. The summed E-state index contributed by atoms with van der Waals surface area (Å²) in [5, 5.41) is 8.39. The van der Waals surface area contributed by atoms with Crippen LogP contribution >= 0.6 is 0 Å². The van der Waals surface area contributed by atoms with Gasteiger partial charge in [0, 0.05) is 51.3 Å². The molecular formula is C28H29F3N6O2. The summed E-state index contributed by atoms with van der Waals surface area (Å²) in [6.07, 6.45) is 3.56. The summed E-state index contributed by atoms with van der Waals surface area (Å²) < 4.78 is 46.9. The molecule has 1 saturated heterocycles. The molecule has 0 spiro atoms. The first kappa shape index (κ1) is 25.4. The van der Waals surface area contributed by atoms with Crippen LogP contribution in [0, 0.1) is 5.92 Å². The summed E-state index contributed by atoms with van der Waals surface area (Å²) in [5.74, 6) is 0.801. The molecule has 2 aliphatic rings. The highest BCUT2D eigenvalue weighted by Crippen LogP contribution is 2.43. The number of amides is 1. The summed E-state index contributed by atoms with van der Waals surface area (Å²) in [6.45, 7) is 2.27. The Morgan fingerprint density at radius 3 is 2.54 bits per heavy atom. The molecule has 1 aromatic carbocycles. The predicted molar refractivity (Wildman–Crippen MR) is 138 cm³/mol. The van der Waals surface area contributed by atoms with Gasteiger partial charge in [-0.3, -0.25) is 13.8 Å². The Morgan fingerprint density at radius 1 is 1.13 bits per heavy atom. The van der Waals surface area contributed by atoms with Crippen LogP contribution in [-0.4, -0.2) is 47.6 Å². The normalized spacial score (nSPS) is 19.0. The second kappa shape index (κ2) is 9.39. The number of carbonyl (C=O) groups excluding carboxylic acids is 1. The molecule has 6 rings (SSSR count). The lowest BCUT2D eigenvalue weighted by Gasteiger charge is -2.33. The maximum atomic E-state index is 14.2. The SMILES string of the molecule is CC(=O)N1CC[C@@H](c2cc(C(F)(F)F)c3cn(-c4cccc([C@H](c5nncn5C)C5CCC5)c4)c(=O)n3c2)C1. The van der Waals surface area contributed by atoms with Gasteiger partial charge in [-0.25, -0.2) is 4.79 Å². The van der Waals surface area contributed by atoms with Crippen molar-refractivity contribution in [2.45, 2.75) is 50.6 Å². The number of halogens is 3. The zero-order valence-corrected chi connectivity index (χ0v) is 21.7. The zero-order chi connectivity index (χ0) is 27.5. The predicted octanol–water partition coefficient (Wildman–Crippen LogP) is 4.51. The lowest BCUT2D eigenvalue weighted by atomic mass is 9.72. The number of benzene rings is 1. The number of pyridine rings is 1. The summed E-state index contributed by atoms with van der Waals surface area (Å²) >= 11 is 0. The van der Waals surface area contributed by atoms with Crippen molar-refractivity contribution in [3.63, 3.8) is 0 Å². The summed E-state index contributed by atoms with van der Waals surface area (Å²) in [7, 11) is 1.89. The van der Waals surface area contributed by atoms with Gasteiger partial charge in [-0.05, 0) is 54.5 Å². The van der Waals surface area contributed by atoms with Crippen LogP contribution in [0.3, 0.4) is 0 Å². The number of carbonyl (C=O) groups is 1. The van der Waals surface area contributed by atoms with Gasteiger partial charge < -0.3 is 9.47 Å². The fourth-order valence-electron chi connectivity index (χ4n) is 6.01. The lowest BCUT2D eigenvalue weighted by Crippen LogP contribution is -2.25. The molecule has 0 N–H and O–H groups in total. The van der Waals surface area contributed by atoms with Crippen LogP contribution in [0.15, 0.2) is 53.8 Å². The van der Waals surface area contributed by atoms with Crippen molar-refractivity contribution >= 4 is 11.4 Å². The molecule has 2 fully saturated rings. The number of alkyl halides is 3. The Morgan fingerprint density at radius 2 is 1.92 bits per heavy atom. The van der Waals surface area contributed by atoms with E-state index in [1.54, 1.807) is 17.3 Å². The van der Waals surface area contributed by atoms with E-state index in [9.17, 15) is 22.8 Å². The van der Waals surface area contributed by atoms with Crippen molar-refractivity contribution in [1.82, 2.24) is 28.6 Å². The zero-order valence-electron chi connectivity index (χ0n) is 21.7. The summed E-state index contributed by atoms with van der Waals surface area (Å²) in [5.41, 5.74) is 0.203. The molecule has 39 heavy (non-hydrogen) atoms. The van der Waals surface area contributed by atoms with E-state index in [2.05, 4.69) is 10.2 Å². The molecule has 11 heteroatoms. The topological polar surface area (TPSA) is 77.4 Å². The minimum absolute atomic E-state index is 0.0251. The smallest absolute Gasteiger partial charge is 0.342 e. The Hall–Kier alpha value is -3.89. The van der Waals surface area contributed by atoms with Crippen LogP contribution in [0.4, 0.5) is 13.2 Å². The van der Waals surface area contributed by atoms with Crippen LogP contribution in [0.5, 0.6) is 0 Å². The van der Waals surface area contributed by atoms with Crippen molar-refractivity contribution in [3.8, 4) is 5.69 Å². The van der Waals surface area contributed by atoms with Crippen LogP contribution in [0.25, 0.3) is 11.2 Å². The van der Waals surface area contributed by atoms with Gasteiger partial charge in [0.1, 0.15) is 12.2 Å². The molecule has 0 radical (unpaired) electrons. The van der Waals surface area contributed by atoms with E-state index in [1.165, 1.54) is 23.9 Å². The van der Waals surface area contributed by atoms with Crippen LogP contribution in [0.1, 0.15) is 67.0 Å². The highest BCUT2D eigenvalue weighted by atomic mass is 19.4. The van der Waals surface area contributed by atoms with Gasteiger partial charge in [0.2, 0.25) is 5.91 Å². The molecule has 4 aromatic rings. The molecule has 1 aliphatic heterocycles. The lowest BCUT2D eigenvalue weighted by molar-refractivity contribution is -0.136.